The van der Waals surface area contributed by atoms with Crippen LogP contribution in [0.3, 0.4) is 0 Å². The lowest BCUT2D eigenvalue weighted by molar-refractivity contribution is -0.141. The summed E-state index contributed by atoms with van der Waals surface area (Å²) in [4.78, 5) is 22.9. The number of hydrogen-bond acceptors (Lipinski definition) is 3. The maximum Gasteiger partial charge on any atom is 0.332 e. The predicted octanol–water partition coefficient (Wildman–Crippen LogP) is 2.69. The van der Waals surface area contributed by atoms with Crippen LogP contribution in [0.4, 0.5) is 0 Å². The van der Waals surface area contributed by atoms with Gasteiger partial charge in [-0.25, -0.2) is 4.79 Å². The minimum Gasteiger partial charge on any atom is -0.465 e. The molecule has 0 saturated heterocycles. The number of benzene rings is 1. The summed E-state index contributed by atoms with van der Waals surface area (Å²) in [5.74, 6) is -1.22. The van der Waals surface area contributed by atoms with Crippen molar-refractivity contribution in [1.82, 2.24) is 0 Å². The molecular weight excluding hydrogens is 251 g/mol. The fraction of sp³-hybridized carbons (Fsp3) is 0.273. The van der Waals surface area contributed by atoms with E-state index in [1.807, 2.05) is 0 Å². The second kappa shape index (κ2) is 5.87. The molecule has 0 saturated carbocycles. The van der Waals surface area contributed by atoms with Gasteiger partial charge < -0.3 is 4.74 Å². The molecule has 0 aliphatic rings. The SMILES string of the molecule is CCOC(=O)C(Cl)C(=O)c1ccc(Cl)cc1. The molecule has 0 spiro atoms. The van der Waals surface area contributed by atoms with Gasteiger partial charge in [0.05, 0.1) is 6.61 Å². The third-order valence-electron chi connectivity index (χ3n) is 1.85. The van der Waals surface area contributed by atoms with E-state index in [9.17, 15) is 9.59 Å². The Kier molecular flexibility index (Phi) is 4.77. The Bertz CT molecular complexity index is 387. The molecule has 0 heterocycles. The molecular formula is C11H10Cl2O3. The number of esters is 1. The number of carbonyl (C=O) groups excluding carboxylic acids is 2. The topological polar surface area (TPSA) is 43.4 Å². The standard InChI is InChI=1S/C11H10Cl2O3/c1-2-16-11(15)9(13)10(14)7-3-5-8(12)6-4-7/h3-6,9H,2H2,1H3. The van der Waals surface area contributed by atoms with Gasteiger partial charge in [-0.2, -0.15) is 0 Å². The van der Waals surface area contributed by atoms with Crippen LogP contribution in [0, 0.1) is 0 Å². The van der Waals surface area contributed by atoms with Crippen molar-refractivity contribution in [3.8, 4) is 0 Å². The van der Waals surface area contributed by atoms with Crippen molar-refractivity contribution in [2.45, 2.75) is 12.3 Å². The summed E-state index contributed by atoms with van der Waals surface area (Å²) >= 11 is 11.4. The Balaban J connectivity index is 2.78. The number of ether oxygens (including phenoxy) is 1. The van der Waals surface area contributed by atoms with Crippen LogP contribution in [-0.2, 0) is 9.53 Å². The average molecular weight is 261 g/mol. The molecule has 1 aromatic carbocycles. The first kappa shape index (κ1) is 13.0. The Morgan fingerprint density at radius 1 is 1.31 bits per heavy atom. The van der Waals surface area contributed by atoms with Crippen molar-refractivity contribution in [1.29, 1.82) is 0 Å². The molecule has 0 aliphatic heterocycles. The van der Waals surface area contributed by atoms with E-state index in [2.05, 4.69) is 4.74 Å². The van der Waals surface area contributed by atoms with Crippen LogP contribution in [0.5, 0.6) is 0 Å². The van der Waals surface area contributed by atoms with Crippen LogP contribution in [0.1, 0.15) is 17.3 Å². The average Bonchev–Trinajstić information content (AvgIpc) is 2.28. The van der Waals surface area contributed by atoms with Crippen LogP contribution in [0.25, 0.3) is 0 Å². The summed E-state index contributed by atoms with van der Waals surface area (Å²) in [5.41, 5.74) is 0.331. The van der Waals surface area contributed by atoms with Gasteiger partial charge in [-0.15, -0.1) is 11.6 Å². The fourth-order valence-corrected chi connectivity index (χ4v) is 1.40. The second-order valence-corrected chi connectivity index (χ2v) is 3.86. The van der Waals surface area contributed by atoms with Gasteiger partial charge in [0.15, 0.2) is 11.2 Å². The number of halogens is 2. The lowest BCUT2D eigenvalue weighted by Crippen LogP contribution is -2.26. The van der Waals surface area contributed by atoms with Crippen LogP contribution in [-0.4, -0.2) is 23.7 Å². The van der Waals surface area contributed by atoms with E-state index < -0.39 is 17.1 Å². The Morgan fingerprint density at radius 2 is 1.88 bits per heavy atom. The quantitative estimate of drug-likeness (QED) is 0.362. The highest BCUT2D eigenvalue weighted by Crippen LogP contribution is 2.14. The van der Waals surface area contributed by atoms with Crippen molar-refractivity contribution in [3.05, 3.63) is 34.9 Å². The third-order valence-corrected chi connectivity index (χ3v) is 2.48. The molecule has 1 unspecified atom stereocenters. The Hall–Kier alpha value is -1.06. The molecule has 0 bridgehead atoms. The molecule has 1 atom stereocenters. The Labute approximate surface area is 103 Å². The van der Waals surface area contributed by atoms with Crippen molar-refractivity contribution in [2.24, 2.45) is 0 Å². The summed E-state index contributed by atoms with van der Waals surface area (Å²) in [5, 5.41) is -0.792. The molecule has 0 fully saturated rings. The van der Waals surface area contributed by atoms with Crippen molar-refractivity contribution < 1.29 is 14.3 Å². The normalized spacial score (nSPS) is 11.9. The van der Waals surface area contributed by atoms with Gasteiger partial charge in [0.25, 0.3) is 0 Å². The largest absolute Gasteiger partial charge is 0.465 e. The van der Waals surface area contributed by atoms with Crippen molar-refractivity contribution in [3.63, 3.8) is 0 Å². The van der Waals surface area contributed by atoms with E-state index in [-0.39, 0.29) is 6.61 Å². The summed E-state index contributed by atoms with van der Waals surface area (Å²) in [6.07, 6.45) is 0. The number of alkyl halides is 1. The molecule has 16 heavy (non-hydrogen) atoms. The van der Waals surface area contributed by atoms with E-state index in [1.165, 1.54) is 12.1 Å². The van der Waals surface area contributed by atoms with E-state index in [4.69, 9.17) is 23.2 Å². The lowest BCUT2D eigenvalue weighted by atomic mass is 10.1. The van der Waals surface area contributed by atoms with Crippen LogP contribution in [0.2, 0.25) is 5.02 Å². The van der Waals surface area contributed by atoms with Gasteiger partial charge in [0.1, 0.15) is 0 Å². The summed E-state index contributed by atoms with van der Waals surface area (Å²) in [6, 6.07) is 6.14. The van der Waals surface area contributed by atoms with Crippen LogP contribution in [0.15, 0.2) is 24.3 Å². The van der Waals surface area contributed by atoms with Crippen molar-refractivity contribution >= 4 is 35.0 Å². The van der Waals surface area contributed by atoms with Crippen LogP contribution >= 0.6 is 23.2 Å². The van der Waals surface area contributed by atoms with Gasteiger partial charge in [-0.05, 0) is 31.2 Å². The molecule has 86 valence electrons. The second-order valence-electron chi connectivity index (χ2n) is 2.99. The van der Waals surface area contributed by atoms with Gasteiger partial charge in [-0.1, -0.05) is 11.6 Å². The van der Waals surface area contributed by atoms with Gasteiger partial charge >= 0.3 is 5.97 Å². The maximum atomic E-state index is 11.7. The van der Waals surface area contributed by atoms with E-state index in [0.29, 0.717) is 10.6 Å². The lowest BCUT2D eigenvalue weighted by Gasteiger charge is -2.07. The summed E-state index contributed by atoms with van der Waals surface area (Å²) in [6.45, 7) is 1.84. The first-order valence-corrected chi connectivity index (χ1v) is 5.48. The zero-order valence-electron chi connectivity index (χ0n) is 8.57. The highest BCUT2D eigenvalue weighted by atomic mass is 35.5. The Morgan fingerprint density at radius 3 is 2.38 bits per heavy atom. The molecule has 0 aliphatic carbocycles. The van der Waals surface area contributed by atoms with Gasteiger partial charge in [0.2, 0.25) is 0 Å². The monoisotopic (exact) mass is 260 g/mol. The number of carbonyl (C=O) groups is 2. The number of Topliss-reactive ketones (excluding diaryl/α,β-unsaturated/α-hetero) is 1. The molecule has 0 radical (unpaired) electrons. The first-order valence-electron chi connectivity index (χ1n) is 4.66. The highest BCUT2D eigenvalue weighted by Gasteiger charge is 2.26. The molecule has 1 rings (SSSR count). The molecule has 0 amide bonds. The molecule has 1 aromatic rings. The van der Waals surface area contributed by atoms with Crippen molar-refractivity contribution in [2.75, 3.05) is 6.61 Å². The van der Waals surface area contributed by atoms with E-state index in [1.54, 1.807) is 19.1 Å². The van der Waals surface area contributed by atoms with E-state index >= 15 is 0 Å². The zero-order chi connectivity index (χ0) is 12.1. The van der Waals surface area contributed by atoms with Gasteiger partial charge in [-0.3, -0.25) is 4.79 Å². The maximum absolute atomic E-state index is 11.7. The van der Waals surface area contributed by atoms with E-state index in [0.717, 1.165) is 0 Å². The minimum absolute atomic E-state index is 0.190. The fourth-order valence-electron chi connectivity index (χ4n) is 1.08. The van der Waals surface area contributed by atoms with Gasteiger partial charge in [0, 0.05) is 10.6 Å². The first-order chi connectivity index (χ1) is 7.56. The third kappa shape index (κ3) is 3.22. The number of rotatable bonds is 4. The molecule has 5 heteroatoms. The van der Waals surface area contributed by atoms with Crippen LogP contribution < -0.4 is 0 Å². The predicted molar refractivity (Wildman–Crippen MR) is 62.1 cm³/mol. The number of ketones is 1. The minimum atomic E-state index is -1.30. The smallest absolute Gasteiger partial charge is 0.332 e. The molecule has 3 nitrogen and oxygen atoms in total. The zero-order valence-corrected chi connectivity index (χ0v) is 10.1. The highest BCUT2D eigenvalue weighted by molar-refractivity contribution is 6.43. The molecule has 0 N–H and O–H groups in total. The summed E-state index contributed by atoms with van der Waals surface area (Å²) < 4.78 is 4.65. The molecule has 0 aromatic heterocycles. The summed E-state index contributed by atoms with van der Waals surface area (Å²) in [7, 11) is 0. The number of hydrogen-bond donors (Lipinski definition) is 0.